The standard InChI is InChI=1S/C18H17F2NO5S/c19-15-10-17(16(20)9-14(15)18(22)23)21-27(24,25)13-3-1-11(2-4-13)12-5-7-26-8-6-12/h1-4,9-10,12,21H,5-8H2,(H,22,23). The molecule has 0 bridgehead atoms. The van der Waals surface area contributed by atoms with E-state index in [2.05, 4.69) is 0 Å². The molecule has 6 nitrogen and oxygen atoms in total. The Hall–Kier alpha value is -2.52. The van der Waals surface area contributed by atoms with Gasteiger partial charge in [-0.1, -0.05) is 12.1 Å². The molecule has 1 heterocycles. The van der Waals surface area contributed by atoms with Crippen molar-refractivity contribution in [3.8, 4) is 0 Å². The van der Waals surface area contributed by atoms with Gasteiger partial charge in [-0.05, 0) is 42.5 Å². The molecule has 2 N–H and O–H groups in total. The van der Waals surface area contributed by atoms with Crippen LogP contribution in [0.3, 0.4) is 0 Å². The van der Waals surface area contributed by atoms with Gasteiger partial charge in [-0.15, -0.1) is 0 Å². The second-order valence-electron chi connectivity index (χ2n) is 6.18. The normalized spacial score (nSPS) is 15.5. The molecule has 0 amide bonds. The molecular formula is C18H17F2NO5S. The van der Waals surface area contributed by atoms with Crippen LogP contribution in [0.1, 0.15) is 34.7 Å². The Balaban J connectivity index is 1.82. The average molecular weight is 397 g/mol. The lowest BCUT2D eigenvalue weighted by Gasteiger charge is -2.22. The number of carboxylic acid groups (broad SMARTS) is 1. The van der Waals surface area contributed by atoms with Crippen LogP contribution in [0, 0.1) is 11.6 Å². The van der Waals surface area contributed by atoms with Crippen molar-refractivity contribution in [3.05, 3.63) is 59.2 Å². The van der Waals surface area contributed by atoms with Crippen molar-refractivity contribution in [1.29, 1.82) is 0 Å². The molecule has 2 aromatic rings. The predicted molar refractivity (Wildman–Crippen MR) is 93.4 cm³/mol. The Morgan fingerprint density at radius 2 is 1.70 bits per heavy atom. The Morgan fingerprint density at radius 3 is 2.30 bits per heavy atom. The molecule has 0 aliphatic carbocycles. The van der Waals surface area contributed by atoms with Crippen molar-refractivity contribution in [1.82, 2.24) is 0 Å². The van der Waals surface area contributed by atoms with E-state index >= 15 is 0 Å². The van der Waals surface area contributed by atoms with Crippen LogP contribution in [0.15, 0.2) is 41.3 Å². The summed E-state index contributed by atoms with van der Waals surface area (Å²) in [5, 5.41) is 8.77. The van der Waals surface area contributed by atoms with E-state index < -0.39 is 38.9 Å². The summed E-state index contributed by atoms with van der Waals surface area (Å²) in [6, 6.07) is 7.11. The summed E-state index contributed by atoms with van der Waals surface area (Å²) < 4.78 is 59.8. The number of nitrogens with one attached hydrogen (secondary N) is 1. The number of aromatic carboxylic acids is 1. The predicted octanol–water partition coefficient (Wildman–Crippen LogP) is 3.36. The van der Waals surface area contributed by atoms with Crippen molar-refractivity contribution in [2.75, 3.05) is 17.9 Å². The zero-order valence-corrected chi connectivity index (χ0v) is 14.9. The Bertz CT molecular complexity index is 954. The molecule has 1 fully saturated rings. The van der Waals surface area contributed by atoms with Gasteiger partial charge in [0.15, 0.2) is 0 Å². The number of rotatable bonds is 5. The third-order valence-corrected chi connectivity index (χ3v) is 5.80. The molecule has 27 heavy (non-hydrogen) atoms. The first-order valence-corrected chi connectivity index (χ1v) is 9.69. The maximum absolute atomic E-state index is 14.0. The number of hydrogen-bond acceptors (Lipinski definition) is 4. The smallest absolute Gasteiger partial charge is 0.338 e. The molecule has 0 atom stereocenters. The molecule has 1 aliphatic heterocycles. The van der Waals surface area contributed by atoms with Crippen LogP contribution in [-0.4, -0.2) is 32.7 Å². The first kappa shape index (κ1) is 19.2. The van der Waals surface area contributed by atoms with Gasteiger partial charge in [0.25, 0.3) is 10.0 Å². The summed E-state index contributed by atoms with van der Waals surface area (Å²) in [6.07, 6.45) is 1.70. The van der Waals surface area contributed by atoms with Gasteiger partial charge in [0.2, 0.25) is 0 Å². The minimum Gasteiger partial charge on any atom is -0.478 e. The summed E-state index contributed by atoms with van der Waals surface area (Å²) in [7, 11) is -4.16. The van der Waals surface area contributed by atoms with E-state index in [1.807, 2.05) is 4.72 Å². The van der Waals surface area contributed by atoms with E-state index in [9.17, 15) is 22.0 Å². The van der Waals surface area contributed by atoms with E-state index in [1.54, 1.807) is 12.1 Å². The van der Waals surface area contributed by atoms with Crippen LogP contribution in [0.2, 0.25) is 0 Å². The molecule has 0 unspecified atom stereocenters. The topological polar surface area (TPSA) is 92.7 Å². The van der Waals surface area contributed by atoms with Gasteiger partial charge in [0.05, 0.1) is 16.1 Å². The number of anilines is 1. The molecule has 9 heteroatoms. The molecule has 3 rings (SSSR count). The third kappa shape index (κ3) is 4.25. The van der Waals surface area contributed by atoms with E-state index in [0.717, 1.165) is 18.4 Å². The summed E-state index contributed by atoms with van der Waals surface area (Å²) in [5.74, 6) is -3.78. The Labute approximate surface area is 154 Å². The highest BCUT2D eigenvalue weighted by atomic mass is 32.2. The van der Waals surface area contributed by atoms with Crippen molar-refractivity contribution < 1.29 is 31.8 Å². The molecule has 2 aromatic carbocycles. The molecule has 0 saturated carbocycles. The van der Waals surface area contributed by atoms with Crippen molar-refractivity contribution in [2.45, 2.75) is 23.7 Å². The van der Waals surface area contributed by atoms with E-state index in [0.29, 0.717) is 31.3 Å². The molecule has 1 aliphatic rings. The minimum absolute atomic E-state index is 0.111. The molecule has 0 aromatic heterocycles. The summed E-state index contributed by atoms with van der Waals surface area (Å²) in [6.45, 7) is 1.31. The quantitative estimate of drug-likeness (QED) is 0.807. The van der Waals surface area contributed by atoms with E-state index in [-0.39, 0.29) is 4.90 Å². The van der Waals surface area contributed by atoms with Crippen LogP contribution in [0.25, 0.3) is 0 Å². The molecule has 1 saturated heterocycles. The van der Waals surface area contributed by atoms with Crippen LogP contribution < -0.4 is 4.72 Å². The highest BCUT2D eigenvalue weighted by Crippen LogP contribution is 2.28. The lowest BCUT2D eigenvalue weighted by molar-refractivity contribution is 0.0691. The number of carboxylic acids is 1. The number of sulfonamides is 1. The molecule has 144 valence electrons. The first-order chi connectivity index (χ1) is 12.8. The van der Waals surface area contributed by atoms with Gasteiger partial charge in [-0.25, -0.2) is 22.0 Å². The van der Waals surface area contributed by atoms with E-state index in [1.165, 1.54) is 12.1 Å². The summed E-state index contributed by atoms with van der Waals surface area (Å²) >= 11 is 0. The first-order valence-electron chi connectivity index (χ1n) is 8.21. The fourth-order valence-corrected chi connectivity index (χ4v) is 4.00. The second-order valence-corrected chi connectivity index (χ2v) is 7.86. The van der Waals surface area contributed by atoms with Gasteiger partial charge in [-0.2, -0.15) is 0 Å². The monoisotopic (exact) mass is 397 g/mol. The SMILES string of the molecule is O=C(O)c1cc(F)c(NS(=O)(=O)c2ccc(C3CCOCC3)cc2)cc1F. The lowest BCUT2D eigenvalue weighted by atomic mass is 9.92. The fourth-order valence-electron chi connectivity index (χ4n) is 2.94. The number of hydrogen-bond donors (Lipinski definition) is 2. The Morgan fingerprint density at radius 1 is 1.07 bits per heavy atom. The van der Waals surface area contributed by atoms with Crippen LogP contribution >= 0.6 is 0 Å². The minimum atomic E-state index is -4.16. The summed E-state index contributed by atoms with van der Waals surface area (Å²) in [4.78, 5) is 10.7. The maximum Gasteiger partial charge on any atom is 0.338 e. The highest BCUT2D eigenvalue weighted by molar-refractivity contribution is 7.92. The average Bonchev–Trinajstić information content (AvgIpc) is 2.65. The lowest BCUT2D eigenvalue weighted by Crippen LogP contribution is -2.16. The molecule has 0 radical (unpaired) electrons. The fraction of sp³-hybridized carbons (Fsp3) is 0.278. The third-order valence-electron chi connectivity index (χ3n) is 4.41. The van der Waals surface area contributed by atoms with Gasteiger partial charge >= 0.3 is 5.97 Å². The number of benzene rings is 2. The van der Waals surface area contributed by atoms with Crippen molar-refractivity contribution in [2.24, 2.45) is 0 Å². The van der Waals surface area contributed by atoms with Gasteiger partial charge in [0.1, 0.15) is 11.6 Å². The van der Waals surface area contributed by atoms with Crippen molar-refractivity contribution in [3.63, 3.8) is 0 Å². The second kappa shape index (κ2) is 7.61. The van der Waals surface area contributed by atoms with Crippen LogP contribution in [-0.2, 0) is 14.8 Å². The van der Waals surface area contributed by atoms with Crippen LogP contribution in [0.5, 0.6) is 0 Å². The summed E-state index contributed by atoms with van der Waals surface area (Å²) in [5.41, 5.74) is -0.553. The number of ether oxygens (including phenoxy) is 1. The largest absolute Gasteiger partial charge is 0.478 e. The zero-order chi connectivity index (χ0) is 19.6. The highest BCUT2D eigenvalue weighted by Gasteiger charge is 2.21. The Kier molecular flexibility index (Phi) is 5.43. The van der Waals surface area contributed by atoms with Crippen LogP contribution in [0.4, 0.5) is 14.5 Å². The maximum atomic E-state index is 14.0. The molecular weight excluding hydrogens is 380 g/mol. The van der Waals surface area contributed by atoms with E-state index in [4.69, 9.17) is 9.84 Å². The number of halogens is 2. The zero-order valence-electron chi connectivity index (χ0n) is 14.1. The van der Waals surface area contributed by atoms with Crippen molar-refractivity contribution >= 4 is 21.7 Å². The van der Waals surface area contributed by atoms with Gasteiger partial charge < -0.3 is 9.84 Å². The van der Waals surface area contributed by atoms with Gasteiger partial charge in [-0.3, -0.25) is 4.72 Å². The van der Waals surface area contributed by atoms with Gasteiger partial charge in [0, 0.05) is 19.3 Å². The molecule has 0 spiro atoms. The number of carbonyl (C=O) groups is 1.